The smallest absolute Gasteiger partial charge is 0.231 e. The van der Waals surface area contributed by atoms with Crippen molar-refractivity contribution in [2.24, 2.45) is 7.05 Å². The molecule has 2 aromatic rings. The van der Waals surface area contributed by atoms with E-state index >= 15 is 0 Å². The van der Waals surface area contributed by atoms with Crippen LogP contribution < -0.4 is 5.32 Å². The van der Waals surface area contributed by atoms with Crippen LogP contribution in [-0.2, 0) is 18.3 Å². The van der Waals surface area contributed by atoms with E-state index in [0.29, 0.717) is 18.2 Å². The average Bonchev–Trinajstić information content (AvgIpc) is 3.11. The molecule has 2 aromatic heterocycles. The molecule has 0 unspecified atom stereocenters. The van der Waals surface area contributed by atoms with Crippen LogP contribution >= 0.6 is 0 Å². The molecule has 1 radical (unpaired) electrons. The monoisotopic (exact) mass is 286 g/mol. The predicted octanol–water partition coefficient (Wildman–Crippen LogP) is 2.10. The van der Waals surface area contributed by atoms with E-state index in [-0.39, 0.29) is 5.91 Å². The van der Waals surface area contributed by atoms with Crippen molar-refractivity contribution < 1.29 is 4.79 Å². The number of amides is 1. The minimum atomic E-state index is -0.0750. The molecular weight excluding hydrogens is 266 g/mol. The number of carbonyl (C=O) groups is 1. The molecule has 2 heterocycles. The number of hydrogen-bond acceptors (Lipinski definition) is 3. The lowest BCUT2D eigenvalue weighted by atomic mass is 10.0. The summed E-state index contributed by atoms with van der Waals surface area (Å²) in [6.45, 7) is 1.92. The average molecular weight is 286 g/mol. The van der Waals surface area contributed by atoms with Gasteiger partial charge in [0.25, 0.3) is 0 Å². The molecule has 1 aliphatic rings. The van der Waals surface area contributed by atoms with Crippen molar-refractivity contribution in [3.63, 3.8) is 0 Å². The third-order valence-electron chi connectivity index (χ3n) is 3.92. The third kappa shape index (κ3) is 3.15. The van der Waals surface area contributed by atoms with Crippen LogP contribution in [0.25, 0.3) is 0 Å². The van der Waals surface area contributed by atoms with Crippen LogP contribution in [-0.4, -0.2) is 25.9 Å². The van der Waals surface area contributed by atoms with Crippen molar-refractivity contribution in [3.8, 4) is 0 Å². The first-order valence-corrected chi connectivity index (χ1v) is 7.28. The van der Waals surface area contributed by atoms with Gasteiger partial charge in [-0.3, -0.25) is 14.6 Å². The summed E-state index contributed by atoms with van der Waals surface area (Å²) in [4.78, 5) is 12.1. The highest BCUT2D eigenvalue weighted by molar-refractivity contribution is 5.91. The summed E-state index contributed by atoms with van der Waals surface area (Å²) in [5.74, 6) is 1.04. The molecule has 6 heteroatoms. The van der Waals surface area contributed by atoms with Gasteiger partial charge in [-0.2, -0.15) is 10.2 Å². The van der Waals surface area contributed by atoms with Crippen LogP contribution in [0.2, 0.25) is 0 Å². The van der Waals surface area contributed by atoms with E-state index in [0.717, 1.165) is 36.3 Å². The lowest BCUT2D eigenvalue weighted by Crippen LogP contribution is -2.16. The van der Waals surface area contributed by atoms with Crippen LogP contribution in [0.4, 0.5) is 5.82 Å². The minimum absolute atomic E-state index is 0.0750. The van der Waals surface area contributed by atoms with Crippen molar-refractivity contribution in [3.05, 3.63) is 35.6 Å². The number of nitrogens with one attached hydrogen (secondary N) is 2. The summed E-state index contributed by atoms with van der Waals surface area (Å²) in [5, 5.41) is 14.3. The molecule has 1 fully saturated rings. The molecule has 0 saturated heterocycles. The SMILES string of the molecule is Cc1cc(CC(=O)Nc2cc([C@H]3C[CH]CC3)[nH]n2)n(C)n1. The Kier molecular flexibility index (Phi) is 3.77. The Bertz CT molecular complexity index is 636. The summed E-state index contributed by atoms with van der Waals surface area (Å²) in [7, 11) is 1.85. The van der Waals surface area contributed by atoms with Crippen LogP contribution in [0.5, 0.6) is 0 Å². The van der Waals surface area contributed by atoms with Crippen molar-refractivity contribution in [2.45, 2.75) is 38.5 Å². The van der Waals surface area contributed by atoms with Gasteiger partial charge < -0.3 is 5.32 Å². The first-order chi connectivity index (χ1) is 10.1. The first kappa shape index (κ1) is 13.9. The molecule has 0 bridgehead atoms. The van der Waals surface area contributed by atoms with E-state index < -0.39 is 0 Å². The van der Waals surface area contributed by atoms with E-state index in [9.17, 15) is 4.79 Å². The number of anilines is 1. The summed E-state index contributed by atoms with van der Waals surface area (Å²) >= 11 is 0. The van der Waals surface area contributed by atoms with Gasteiger partial charge in [0.05, 0.1) is 12.1 Å². The van der Waals surface area contributed by atoms with Gasteiger partial charge >= 0.3 is 0 Å². The van der Waals surface area contributed by atoms with Gasteiger partial charge in [-0.1, -0.05) is 0 Å². The molecule has 1 atom stereocenters. The zero-order valence-electron chi connectivity index (χ0n) is 12.4. The zero-order valence-corrected chi connectivity index (χ0v) is 12.4. The lowest BCUT2D eigenvalue weighted by Gasteiger charge is -2.04. The predicted molar refractivity (Wildman–Crippen MR) is 79.8 cm³/mol. The van der Waals surface area contributed by atoms with E-state index in [1.165, 1.54) is 0 Å². The number of nitrogens with zero attached hydrogens (tertiary/aromatic N) is 3. The molecule has 0 spiro atoms. The van der Waals surface area contributed by atoms with Gasteiger partial charge in [-0.25, -0.2) is 0 Å². The fourth-order valence-corrected chi connectivity index (χ4v) is 2.83. The number of H-pyrrole nitrogens is 1. The number of hydrogen-bond donors (Lipinski definition) is 2. The highest BCUT2D eigenvalue weighted by atomic mass is 16.1. The normalized spacial score (nSPS) is 15.5. The van der Waals surface area contributed by atoms with Gasteiger partial charge in [0.2, 0.25) is 5.91 Å². The van der Waals surface area contributed by atoms with E-state index in [4.69, 9.17) is 0 Å². The molecule has 21 heavy (non-hydrogen) atoms. The Morgan fingerprint density at radius 3 is 3.05 bits per heavy atom. The molecule has 1 saturated carbocycles. The summed E-state index contributed by atoms with van der Waals surface area (Å²) in [6, 6.07) is 3.86. The number of carbonyl (C=O) groups excluding carboxylic acids is 1. The second kappa shape index (κ2) is 5.71. The molecule has 3 rings (SSSR count). The molecular formula is C15H20N5O. The Balaban J connectivity index is 1.61. The number of rotatable bonds is 4. The Morgan fingerprint density at radius 1 is 1.52 bits per heavy atom. The quantitative estimate of drug-likeness (QED) is 0.903. The number of aromatic amines is 1. The second-order valence-corrected chi connectivity index (χ2v) is 5.63. The molecule has 2 N–H and O–H groups in total. The van der Waals surface area contributed by atoms with E-state index in [1.54, 1.807) is 4.68 Å². The molecule has 0 aromatic carbocycles. The standard InChI is InChI=1S/C15H20N5O/c1-10-7-12(20(2)19-10)8-15(21)16-14-9-13(17-18-14)11-5-3-4-6-11/h3,7,9,11H,4-6,8H2,1-2H3,(H2,16,17,18,21)/t11-/m0/s1. The van der Waals surface area contributed by atoms with Gasteiger partial charge in [0.15, 0.2) is 5.82 Å². The lowest BCUT2D eigenvalue weighted by molar-refractivity contribution is -0.115. The molecule has 111 valence electrons. The van der Waals surface area contributed by atoms with Gasteiger partial charge in [-0.15, -0.1) is 0 Å². The van der Waals surface area contributed by atoms with Gasteiger partial charge in [0, 0.05) is 30.4 Å². The topological polar surface area (TPSA) is 75.6 Å². The minimum Gasteiger partial charge on any atom is -0.309 e. The van der Waals surface area contributed by atoms with Crippen molar-refractivity contribution in [1.29, 1.82) is 0 Å². The first-order valence-electron chi connectivity index (χ1n) is 7.28. The van der Waals surface area contributed by atoms with Crippen LogP contribution in [0, 0.1) is 13.3 Å². The Labute approximate surface area is 123 Å². The van der Waals surface area contributed by atoms with Crippen LogP contribution in [0.1, 0.15) is 42.3 Å². The van der Waals surface area contributed by atoms with Crippen LogP contribution in [0.15, 0.2) is 12.1 Å². The molecule has 1 aliphatic carbocycles. The van der Waals surface area contributed by atoms with E-state index in [1.807, 2.05) is 26.1 Å². The molecule has 0 aliphatic heterocycles. The summed E-state index contributed by atoms with van der Waals surface area (Å²) < 4.78 is 1.74. The maximum absolute atomic E-state index is 12.1. The molecule has 1 amide bonds. The second-order valence-electron chi connectivity index (χ2n) is 5.63. The van der Waals surface area contributed by atoms with Crippen molar-refractivity contribution in [2.75, 3.05) is 5.32 Å². The highest BCUT2D eigenvalue weighted by Crippen LogP contribution is 2.32. The van der Waals surface area contributed by atoms with Crippen LogP contribution in [0.3, 0.4) is 0 Å². The Hall–Kier alpha value is -2.11. The highest BCUT2D eigenvalue weighted by Gasteiger charge is 2.19. The number of aromatic nitrogens is 4. The zero-order chi connectivity index (χ0) is 14.8. The maximum atomic E-state index is 12.1. The van der Waals surface area contributed by atoms with Gasteiger partial charge in [0.1, 0.15) is 0 Å². The third-order valence-corrected chi connectivity index (χ3v) is 3.92. The van der Waals surface area contributed by atoms with Crippen molar-refractivity contribution in [1.82, 2.24) is 20.0 Å². The fraction of sp³-hybridized carbons (Fsp3) is 0.467. The van der Waals surface area contributed by atoms with Gasteiger partial charge in [-0.05, 0) is 38.7 Å². The van der Waals surface area contributed by atoms with E-state index in [2.05, 4.69) is 27.0 Å². The molecule has 6 nitrogen and oxygen atoms in total. The van der Waals surface area contributed by atoms with Crippen molar-refractivity contribution >= 4 is 11.7 Å². The summed E-state index contributed by atoms with van der Waals surface area (Å²) in [6.07, 6.45) is 6.00. The fourth-order valence-electron chi connectivity index (χ4n) is 2.83. The maximum Gasteiger partial charge on any atom is 0.231 e. The summed E-state index contributed by atoms with van der Waals surface area (Å²) in [5.41, 5.74) is 2.92. The number of aryl methyl sites for hydroxylation is 2. The largest absolute Gasteiger partial charge is 0.309 e. The Morgan fingerprint density at radius 2 is 2.38 bits per heavy atom.